The minimum atomic E-state index is 0.118. The van der Waals surface area contributed by atoms with E-state index in [1.807, 2.05) is 17.5 Å². The average molecular weight is 392 g/mol. The number of rotatable bonds is 7. The molecule has 3 rings (SSSR count). The van der Waals surface area contributed by atoms with Gasteiger partial charge >= 0.3 is 0 Å². The van der Waals surface area contributed by atoms with Gasteiger partial charge in [0.1, 0.15) is 5.84 Å². The van der Waals surface area contributed by atoms with Crippen LogP contribution in [0.5, 0.6) is 0 Å². The van der Waals surface area contributed by atoms with E-state index < -0.39 is 0 Å². The van der Waals surface area contributed by atoms with Crippen LogP contribution in [-0.2, 0) is 13.0 Å². The standard InChI is InChI=1S/C24H29N3S/c1-24(2,3)27(18-20-8-5-4-6-9-20)16-15-19-11-13-21(14-12-19)26-23(25)22-10-7-17-28-22/h4-14,17H,15-16,18H2,1-3H3,(H2,25,26). The van der Waals surface area contributed by atoms with Crippen molar-refractivity contribution in [2.75, 3.05) is 11.9 Å². The third-order valence-electron chi connectivity index (χ3n) is 4.83. The van der Waals surface area contributed by atoms with Crippen molar-refractivity contribution in [3.8, 4) is 0 Å². The smallest absolute Gasteiger partial charge is 0.140 e. The lowest BCUT2D eigenvalue weighted by Crippen LogP contribution is -2.42. The molecule has 0 radical (unpaired) electrons. The molecule has 0 spiro atoms. The molecule has 2 N–H and O–H groups in total. The maximum Gasteiger partial charge on any atom is 0.140 e. The molecular formula is C24H29N3S. The second-order valence-corrected chi connectivity index (χ2v) is 8.95. The summed E-state index contributed by atoms with van der Waals surface area (Å²) in [6.07, 6.45) is 1.01. The van der Waals surface area contributed by atoms with Gasteiger partial charge in [-0.1, -0.05) is 48.5 Å². The lowest BCUT2D eigenvalue weighted by Gasteiger charge is -2.36. The topological polar surface area (TPSA) is 39.1 Å². The SMILES string of the molecule is CC(C)(C)N(CCc1ccc(NC(=N)c2cccs2)cc1)Cc1ccccc1. The molecular weight excluding hydrogens is 362 g/mol. The molecule has 0 aliphatic heterocycles. The Morgan fingerprint density at radius 3 is 2.25 bits per heavy atom. The first-order valence-corrected chi connectivity index (χ1v) is 10.6. The van der Waals surface area contributed by atoms with Crippen LogP contribution < -0.4 is 5.32 Å². The van der Waals surface area contributed by atoms with Crippen molar-refractivity contribution in [1.82, 2.24) is 4.90 Å². The Morgan fingerprint density at radius 1 is 0.929 bits per heavy atom. The molecule has 0 fully saturated rings. The minimum absolute atomic E-state index is 0.118. The predicted molar refractivity (Wildman–Crippen MR) is 122 cm³/mol. The number of anilines is 1. The van der Waals surface area contributed by atoms with Crippen molar-refractivity contribution in [1.29, 1.82) is 5.41 Å². The van der Waals surface area contributed by atoms with E-state index >= 15 is 0 Å². The first-order chi connectivity index (χ1) is 13.4. The van der Waals surface area contributed by atoms with E-state index in [1.54, 1.807) is 11.3 Å². The summed E-state index contributed by atoms with van der Waals surface area (Å²) in [6.45, 7) is 8.80. The highest BCUT2D eigenvalue weighted by Gasteiger charge is 2.21. The number of amidine groups is 1. The molecule has 28 heavy (non-hydrogen) atoms. The Hall–Kier alpha value is -2.43. The average Bonchev–Trinajstić information content (AvgIpc) is 3.21. The zero-order chi connectivity index (χ0) is 20.0. The molecule has 0 aliphatic carbocycles. The fourth-order valence-electron chi connectivity index (χ4n) is 3.10. The summed E-state index contributed by atoms with van der Waals surface area (Å²) in [7, 11) is 0. The van der Waals surface area contributed by atoms with Crippen LogP contribution in [0.25, 0.3) is 0 Å². The summed E-state index contributed by atoms with van der Waals surface area (Å²) in [5, 5.41) is 13.3. The van der Waals surface area contributed by atoms with E-state index in [1.165, 1.54) is 11.1 Å². The Morgan fingerprint density at radius 2 is 1.64 bits per heavy atom. The molecule has 0 atom stereocenters. The number of nitrogens with zero attached hydrogens (tertiary/aromatic N) is 1. The van der Waals surface area contributed by atoms with Crippen LogP contribution in [0.3, 0.4) is 0 Å². The van der Waals surface area contributed by atoms with Gasteiger partial charge in [-0.2, -0.15) is 0 Å². The monoisotopic (exact) mass is 391 g/mol. The molecule has 0 bridgehead atoms. The van der Waals surface area contributed by atoms with Crippen LogP contribution in [-0.4, -0.2) is 22.8 Å². The highest BCUT2D eigenvalue weighted by Crippen LogP contribution is 2.19. The molecule has 0 aliphatic rings. The summed E-state index contributed by atoms with van der Waals surface area (Å²) < 4.78 is 0. The van der Waals surface area contributed by atoms with Crippen LogP contribution in [0.4, 0.5) is 5.69 Å². The molecule has 2 aromatic carbocycles. The van der Waals surface area contributed by atoms with Crippen LogP contribution in [0.1, 0.15) is 36.8 Å². The van der Waals surface area contributed by atoms with Crippen LogP contribution in [0, 0.1) is 5.41 Å². The first-order valence-electron chi connectivity index (χ1n) is 9.69. The van der Waals surface area contributed by atoms with E-state index in [4.69, 9.17) is 5.41 Å². The van der Waals surface area contributed by atoms with Crippen LogP contribution in [0.15, 0.2) is 72.1 Å². The van der Waals surface area contributed by atoms with Crippen molar-refractivity contribution < 1.29 is 0 Å². The van der Waals surface area contributed by atoms with Crippen molar-refractivity contribution in [2.24, 2.45) is 0 Å². The lowest BCUT2D eigenvalue weighted by molar-refractivity contribution is 0.129. The van der Waals surface area contributed by atoms with E-state index in [9.17, 15) is 0 Å². The third kappa shape index (κ3) is 5.78. The number of nitrogens with one attached hydrogen (secondary N) is 2. The normalized spacial score (nSPS) is 11.6. The third-order valence-corrected chi connectivity index (χ3v) is 5.71. The van der Waals surface area contributed by atoms with Gasteiger partial charge in [-0.3, -0.25) is 10.3 Å². The van der Waals surface area contributed by atoms with Gasteiger partial charge < -0.3 is 5.32 Å². The molecule has 0 unspecified atom stereocenters. The fraction of sp³-hybridized carbons (Fsp3) is 0.292. The predicted octanol–water partition coefficient (Wildman–Crippen LogP) is 6.03. The minimum Gasteiger partial charge on any atom is -0.340 e. The van der Waals surface area contributed by atoms with Crippen LogP contribution in [0.2, 0.25) is 0 Å². The Balaban J connectivity index is 1.58. The number of benzene rings is 2. The van der Waals surface area contributed by atoms with E-state index in [0.29, 0.717) is 5.84 Å². The molecule has 0 saturated heterocycles. The van der Waals surface area contributed by atoms with Crippen LogP contribution >= 0.6 is 11.3 Å². The first kappa shape index (κ1) is 20.3. The summed E-state index contributed by atoms with van der Waals surface area (Å²) in [6, 6.07) is 23.1. The largest absolute Gasteiger partial charge is 0.340 e. The Kier molecular flexibility index (Phi) is 6.65. The molecule has 1 aromatic heterocycles. The summed E-state index contributed by atoms with van der Waals surface area (Å²) in [4.78, 5) is 3.48. The number of hydrogen-bond donors (Lipinski definition) is 2. The molecule has 1 heterocycles. The molecule has 0 saturated carbocycles. The molecule has 3 aromatic rings. The van der Waals surface area contributed by atoms with Gasteiger partial charge in [-0.25, -0.2) is 0 Å². The summed E-state index contributed by atoms with van der Waals surface area (Å²) in [5.74, 6) is 0.449. The second kappa shape index (κ2) is 9.18. The van der Waals surface area contributed by atoms with Gasteiger partial charge in [-0.05, 0) is 61.9 Å². The highest BCUT2D eigenvalue weighted by molar-refractivity contribution is 7.12. The Bertz CT molecular complexity index is 862. The number of hydrogen-bond acceptors (Lipinski definition) is 3. The van der Waals surface area contributed by atoms with Gasteiger partial charge in [0.2, 0.25) is 0 Å². The zero-order valence-corrected chi connectivity index (χ0v) is 17.7. The molecule has 146 valence electrons. The van der Waals surface area contributed by atoms with Gasteiger partial charge in [0.25, 0.3) is 0 Å². The van der Waals surface area contributed by atoms with Gasteiger partial charge in [0.15, 0.2) is 0 Å². The van der Waals surface area contributed by atoms with Gasteiger partial charge in [0, 0.05) is 24.3 Å². The lowest BCUT2D eigenvalue weighted by atomic mass is 10.0. The van der Waals surface area contributed by atoms with Crippen molar-refractivity contribution in [2.45, 2.75) is 39.3 Å². The summed E-state index contributed by atoms with van der Waals surface area (Å²) in [5.41, 5.74) is 3.74. The van der Waals surface area contributed by atoms with Crippen molar-refractivity contribution >= 4 is 22.9 Å². The van der Waals surface area contributed by atoms with E-state index in [-0.39, 0.29) is 5.54 Å². The quantitative estimate of drug-likeness (QED) is 0.381. The number of thiophene rings is 1. The second-order valence-electron chi connectivity index (χ2n) is 8.00. The maximum atomic E-state index is 8.14. The highest BCUT2D eigenvalue weighted by atomic mass is 32.1. The fourth-order valence-corrected chi connectivity index (χ4v) is 3.73. The molecule has 0 amide bonds. The van der Waals surface area contributed by atoms with Gasteiger partial charge in [0.05, 0.1) is 4.88 Å². The van der Waals surface area contributed by atoms with E-state index in [2.05, 4.69) is 85.6 Å². The molecule has 4 heteroatoms. The van der Waals surface area contributed by atoms with Crippen molar-refractivity contribution in [3.63, 3.8) is 0 Å². The van der Waals surface area contributed by atoms with E-state index in [0.717, 1.165) is 30.1 Å². The summed E-state index contributed by atoms with van der Waals surface area (Å²) >= 11 is 1.58. The zero-order valence-electron chi connectivity index (χ0n) is 16.9. The Labute approximate surface area is 172 Å². The maximum absolute atomic E-state index is 8.14. The molecule has 3 nitrogen and oxygen atoms in total. The van der Waals surface area contributed by atoms with Gasteiger partial charge in [-0.15, -0.1) is 11.3 Å². The van der Waals surface area contributed by atoms with Crippen molar-refractivity contribution in [3.05, 3.63) is 88.1 Å².